The fourth-order valence-corrected chi connectivity index (χ4v) is 3.62. The Bertz CT molecular complexity index is 1220. The summed E-state index contributed by atoms with van der Waals surface area (Å²) < 4.78 is 11.4. The lowest BCUT2D eigenvalue weighted by molar-refractivity contribution is -0.118. The number of aryl methyl sites for hydroxylation is 2. The molecule has 4 rings (SSSR count). The van der Waals surface area contributed by atoms with Crippen LogP contribution in [-0.2, 0) is 4.79 Å². The second-order valence-electron chi connectivity index (χ2n) is 7.24. The minimum Gasteiger partial charge on any atom is -0.483 e. The van der Waals surface area contributed by atoms with E-state index in [-0.39, 0.29) is 24.0 Å². The lowest BCUT2D eigenvalue weighted by Gasteiger charge is -2.25. The second kappa shape index (κ2) is 8.24. The number of aromatic nitrogens is 2. The van der Waals surface area contributed by atoms with E-state index in [2.05, 4.69) is 21.6 Å². The van der Waals surface area contributed by atoms with Crippen molar-refractivity contribution in [2.75, 3.05) is 11.9 Å². The molecule has 1 unspecified atom stereocenters. The summed E-state index contributed by atoms with van der Waals surface area (Å²) in [4.78, 5) is 12.4. The Kier molecular flexibility index (Phi) is 5.33. The summed E-state index contributed by atoms with van der Waals surface area (Å²) in [6, 6.07) is 16.9. The molecule has 2 heterocycles. The number of amides is 1. The Morgan fingerprint density at radius 1 is 1.29 bits per heavy atom. The molecule has 0 fully saturated rings. The number of carbonyl (C=O) groups excluding carboxylic acids is 1. The summed E-state index contributed by atoms with van der Waals surface area (Å²) in [5.41, 5.74) is 10.2. The van der Waals surface area contributed by atoms with Crippen LogP contribution in [0.3, 0.4) is 0 Å². The lowest BCUT2D eigenvalue weighted by atomic mass is 9.83. The van der Waals surface area contributed by atoms with Crippen molar-refractivity contribution < 1.29 is 14.3 Å². The van der Waals surface area contributed by atoms with E-state index in [1.165, 1.54) is 0 Å². The normalized spacial score (nSPS) is 14.9. The SMILES string of the molecule is Cc1cccc(NC(=O)COc2ccccc2C2C(C#N)=C(N)Oc3n[nH]c(C)c32)c1. The highest BCUT2D eigenvalue weighted by Crippen LogP contribution is 2.45. The van der Waals surface area contributed by atoms with Crippen LogP contribution in [0.25, 0.3) is 0 Å². The molecule has 1 aliphatic heterocycles. The van der Waals surface area contributed by atoms with E-state index < -0.39 is 5.92 Å². The molecule has 8 heteroatoms. The predicted octanol–water partition coefficient (Wildman–Crippen LogP) is 3.26. The first kappa shape index (κ1) is 20.0. The molecule has 0 saturated heterocycles. The maximum Gasteiger partial charge on any atom is 0.262 e. The molecule has 1 amide bonds. The van der Waals surface area contributed by atoms with E-state index in [9.17, 15) is 10.1 Å². The van der Waals surface area contributed by atoms with Crippen LogP contribution in [-0.4, -0.2) is 22.7 Å². The number of nitriles is 1. The maximum atomic E-state index is 12.4. The predicted molar refractivity (Wildman–Crippen MR) is 114 cm³/mol. The van der Waals surface area contributed by atoms with Gasteiger partial charge in [0.15, 0.2) is 6.61 Å². The van der Waals surface area contributed by atoms with Crippen LogP contribution in [0.1, 0.15) is 28.3 Å². The summed E-state index contributed by atoms with van der Waals surface area (Å²) in [6.07, 6.45) is 0. The summed E-state index contributed by atoms with van der Waals surface area (Å²) in [5.74, 6) is -0.0166. The number of H-pyrrole nitrogens is 1. The minimum absolute atomic E-state index is 0.00139. The van der Waals surface area contributed by atoms with Crippen molar-refractivity contribution in [1.29, 1.82) is 5.26 Å². The highest BCUT2D eigenvalue weighted by molar-refractivity contribution is 5.92. The Morgan fingerprint density at radius 3 is 2.87 bits per heavy atom. The van der Waals surface area contributed by atoms with E-state index in [1.807, 2.05) is 50.2 Å². The Hall–Kier alpha value is -4.25. The molecule has 0 radical (unpaired) electrons. The molecule has 0 spiro atoms. The van der Waals surface area contributed by atoms with Crippen LogP contribution < -0.4 is 20.5 Å². The fourth-order valence-electron chi connectivity index (χ4n) is 3.62. The van der Waals surface area contributed by atoms with Gasteiger partial charge in [0.1, 0.15) is 17.4 Å². The van der Waals surface area contributed by atoms with Gasteiger partial charge in [-0.05, 0) is 37.6 Å². The zero-order valence-electron chi connectivity index (χ0n) is 17.1. The molecular weight excluding hydrogens is 394 g/mol. The number of aromatic amines is 1. The number of ether oxygens (including phenoxy) is 2. The maximum absolute atomic E-state index is 12.4. The number of allylic oxidation sites excluding steroid dienone is 1. The molecule has 1 aliphatic rings. The third-order valence-electron chi connectivity index (χ3n) is 5.02. The summed E-state index contributed by atoms with van der Waals surface area (Å²) >= 11 is 0. The topological polar surface area (TPSA) is 126 Å². The molecule has 31 heavy (non-hydrogen) atoms. The van der Waals surface area contributed by atoms with Gasteiger partial charge in [-0.15, -0.1) is 5.10 Å². The number of nitrogens with zero attached hydrogens (tertiary/aromatic N) is 2. The number of hydrogen-bond acceptors (Lipinski definition) is 6. The Labute approximate surface area is 179 Å². The van der Waals surface area contributed by atoms with Gasteiger partial charge in [0, 0.05) is 22.5 Å². The number of rotatable bonds is 5. The molecule has 2 aromatic carbocycles. The molecule has 1 atom stereocenters. The first-order chi connectivity index (χ1) is 15.0. The van der Waals surface area contributed by atoms with Gasteiger partial charge in [0.2, 0.25) is 11.8 Å². The largest absolute Gasteiger partial charge is 0.483 e. The van der Waals surface area contributed by atoms with Crippen molar-refractivity contribution in [2.24, 2.45) is 5.73 Å². The fraction of sp³-hybridized carbons (Fsp3) is 0.174. The lowest BCUT2D eigenvalue weighted by Crippen LogP contribution is -2.23. The van der Waals surface area contributed by atoms with Crippen LogP contribution in [0.15, 0.2) is 60.0 Å². The molecule has 156 valence electrons. The van der Waals surface area contributed by atoms with Gasteiger partial charge < -0.3 is 20.5 Å². The van der Waals surface area contributed by atoms with Crippen LogP contribution in [0.2, 0.25) is 0 Å². The van der Waals surface area contributed by atoms with Gasteiger partial charge in [-0.2, -0.15) is 5.26 Å². The van der Waals surface area contributed by atoms with Crippen LogP contribution in [0.5, 0.6) is 11.6 Å². The van der Waals surface area contributed by atoms with Crippen LogP contribution >= 0.6 is 0 Å². The quantitative estimate of drug-likeness (QED) is 0.587. The molecule has 4 N–H and O–H groups in total. The molecule has 8 nitrogen and oxygen atoms in total. The first-order valence-corrected chi connectivity index (χ1v) is 9.68. The van der Waals surface area contributed by atoms with E-state index in [1.54, 1.807) is 12.1 Å². The highest BCUT2D eigenvalue weighted by atomic mass is 16.5. The average Bonchev–Trinajstić information content (AvgIpc) is 3.11. The number of hydrogen-bond donors (Lipinski definition) is 3. The number of nitrogens with one attached hydrogen (secondary N) is 2. The zero-order chi connectivity index (χ0) is 22.0. The van der Waals surface area contributed by atoms with Gasteiger partial charge in [0.05, 0.1) is 5.92 Å². The zero-order valence-corrected chi connectivity index (χ0v) is 17.1. The minimum atomic E-state index is -0.525. The van der Waals surface area contributed by atoms with Crippen molar-refractivity contribution in [2.45, 2.75) is 19.8 Å². The molecular formula is C23H21N5O3. The van der Waals surface area contributed by atoms with E-state index in [0.717, 1.165) is 11.3 Å². The molecule has 0 saturated carbocycles. The van der Waals surface area contributed by atoms with Gasteiger partial charge in [0.25, 0.3) is 5.91 Å². The van der Waals surface area contributed by atoms with E-state index in [4.69, 9.17) is 15.2 Å². The van der Waals surface area contributed by atoms with E-state index >= 15 is 0 Å². The average molecular weight is 415 g/mol. The number of benzene rings is 2. The van der Waals surface area contributed by atoms with Crippen molar-refractivity contribution in [1.82, 2.24) is 10.2 Å². The Morgan fingerprint density at radius 2 is 2.10 bits per heavy atom. The van der Waals surface area contributed by atoms with Gasteiger partial charge >= 0.3 is 0 Å². The van der Waals surface area contributed by atoms with Crippen molar-refractivity contribution in [3.63, 3.8) is 0 Å². The number of nitrogens with two attached hydrogens (primary N) is 1. The van der Waals surface area contributed by atoms with Crippen LogP contribution in [0, 0.1) is 25.2 Å². The molecule has 3 aromatic rings. The summed E-state index contributed by atoms with van der Waals surface area (Å²) in [5, 5.41) is 19.6. The number of fused-ring (bicyclic) bond motifs is 1. The van der Waals surface area contributed by atoms with Gasteiger partial charge in [-0.25, -0.2) is 0 Å². The van der Waals surface area contributed by atoms with Crippen molar-refractivity contribution >= 4 is 11.6 Å². The molecule has 0 aliphatic carbocycles. The summed E-state index contributed by atoms with van der Waals surface area (Å²) in [7, 11) is 0. The van der Waals surface area contributed by atoms with Crippen LogP contribution in [0.4, 0.5) is 5.69 Å². The monoisotopic (exact) mass is 415 g/mol. The second-order valence-corrected chi connectivity index (χ2v) is 7.24. The highest BCUT2D eigenvalue weighted by Gasteiger charge is 2.35. The standard InChI is InChI=1S/C23H21N5O3/c1-13-6-5-7-15(10-13)26-19(29)12-30-18-9-4-3-8-16(18)21-17(11-24)22(25)31-23-20(21)14(2)27-28-23/h3-10,21H,12,25H2,1-2H3,(H,26,29)(H,27,28). The van der Waals surface area contributed by atoms with Crippen molar-refractivity contribution in [3.8, 4) is 17.7 Å². The molecule has 0 bridgehead atoms. The smallest absolute Gasteiger partial charge is 0.262 e. The first-order valence-electron chi connectivity index (χ1n) is 9.68. The van der Waals surface area contributed by atoms with Gasteiger partial charge in [-0.1, -0.05) is 30.3 Å². The molecule has 1 aromatic heterocycles. The van der Waals surface area contributed by atoms with E-state index in [0.29, 0.717) is 28.4 Å². The number of carbonyl (C=O) groups is 1. The third-order valence-corrected chi connectivity index (χ3v) is 5.02. The summed E-state index contributed by atoms with van der Waals surface area (Å²) in [6.45, 7) is 3.61. The number of para-hydroxylation sites is 1. The van der Waals surface area contributed by atoms with Gasteiger partial charge in [-0.3, -0.25) is 9.89 Å². The van der Waals surface area contributed by atoms with Crippen molar-refractivity contribution in [3.05, 3.63) is 82.4 Å². The Balaban J connectivity index is 1.61. The third kappa shape index (κ3) is 3.94. The number of anilines is 1.